The number of imide groups is 1. The van der Waals surface area contributed by atoms with Gasteiger partial charge in [-0.2, -0.15) is 8.42 Å². The van der Waals surface area contributed by atoms with Gasteiger partial charge in [-0.15, -0.1) is 0 Å². The highest BCUT2D eigenvalue weighted by Gasteiger charge is 2.65. The van der Waals surface area contributed by atoms with E-state index in [-0.39, 0.29) is 28.8 Å². The number of hydrogen-bond acceptors (Lipinski definition) is 6. The molecular formula is C19H23NO6S. The summed E-state index contributed by atoms with van der Waals surface area (Å²) in [4.78, 5) is 33.9. The van der Waals surface area contributed by atoms with Crippen molar-refractivity contribution >= 4 is 27.7 Å². The van der Waals surface area contributed by atoms with Crippen LogP contribution in [0.15, 0.2) is 24.3 Å². The summed E-state index contributed by atoms with van der Waals surface area (Å²) in [6.45, 7) is 4.03. The number of rotatable bonds is 3. The van der Waals surface area contributed by atoms with Crippen LogP contribution in [0.3, 0.4) is 0 Å². The number of nitrogens with one attached hydrogen (secondary N) is 1. The first-order chi connectivity index (χ1) is 12.5. The van der Waals surface area contributed by atoms with Gasteiger partial charge in [0.25, 0.3) is 21.9 Å². The maximum absolute atomic E-state index is 12.0. The molecule has 27 heavy (non-hydrogen) atoms. The molecular weight excluding hydrogens is 370 g/mol. The molecule has 1 heterocycles. The van der Waals surface area contributed by atoms with Crippen molar-refractivity contribution in [2.24, 2.45) is 16.7 Å². The van der Waals surface area contributed by atoms with Crippen molar-refractivity contribution in [2.75, 3.05) is 12.9 Å². The average molecular weight is 393 g/mol. The van der Waals surface area contributed by atoms with Gasteiger partial charge in [-0.05, 0) is 36.3 Å². The molecule has 2 amide bonds. The normalized spacial score (nSPS) is 27.8. The second-order valence-electron chi connectivity index (χ2n) is 7.86. The van der Waals surface area contributed by atoms with E-state index >= 15 is 0 Å². The molecule has 2 unspecified atom stereocenters. The van der Waals surface area contributed by atoms with Crippen molar-refractivity contribution in [2.45, 2.75) is 33.1 Å². The first-order valence-electron chi connectivity index (χ1n) is 8.80. The van der Waals surface area contributed by atoms with Gasteiger partial charge in [0.2, 0.25) is 0 Å². The molecule has 2 saturated carbocycles. The van der Waals surface area contributed by atoms with Crippen LogP contribution < -0.4 is 5.32 Å². The highest BCUT2D eigenvalue weighted by atomic mass is 32.2. The predicted octanol–water partition coefficient (Wildman–Crippen LogP) is 1.93. The fourth-order valence-corrected chi connectivity index (χ4v) is 5.98. The summed E-state index contributed by atoms with van der Waals surface area (Å²) in [5.41, 5.74) is 0.0253. The Labute approximate surface area is 158 Å². The molecule has 0 saturated heterocycles. The fraction of sp³-hybridized carbons (Fsp3) is 0.526. The molecule has 2 fully saturated rings. The van der Waals surface area contributed by atoms with E-state index in [0.29, 0.717) is 29.9 Å². The summed E-state index contributed by atoms with van der Waals surface area (Å²) < 4.78 is 27.7. The Morgan fingerprint density at radius 2 is 1.67 bits per heavy atom. The van der Waals surface area contributed by atoms with Gasteiger partial charge >= 0.3 is 0 Å². The average Bonchev–Trinajstić information content (AvgIpc) is 3.10. The van der Waals surface area contributed by atoms with Gasteiger partial charge in [-0.25, -0.2) is 0 Å². The predicted molar refractivity (Wildman–Crippen MR) is 97.6 cm³/mol. The number of amides is 2. The minimum Gasteiger partial charge on any atom is -0.299 e. The summed E-state index contributed by atoms with van der Waals surface area (Å²) in [5, 5.41) is 2.20. The van der Waals surface area contributed by atoms with Crippen molar-refractivity contribution in [3.63, 3.8) is 0 Å². The topological polar surface area (TPSA) is 107 Å². The molecule has 0 radical (unpaired) electrons. The minimum absolute atomic E-state index is 0.106. The van der Waals surface area contributed by atoms with Crippen LogP contribution in [0, 0.1) is 16.7 Å². The van der Waals surface area contributed by atoms with Crippen LogP contribution in [-0.4, -0.2) is 38.9 Å². The summed E-state index contributed by atoms with van der Waals surface area (Å²) in [5.74, 6) is -0.309. The molecule has 1 aromatic carbocycles. The molecule has 146 valence electrons. The molecule has 8 heteroatoms. The Morgan fingerprint density at radius 1 is 1.11 bits per heavy atom. The standard InChI is InChI=1S/C11H18O4S.C8H5NO2/c1-10(2)8-4-5-11(10,9(12)6-8)7-16(13,14)15-3;10-7-5-3-1-2-4-6(5)8(11)9-7/h8H,4-7H2,1-3H3;1-4H,(H,9,10,11). The molecule has 0 aromatic heterocycles. The third-order valence-electron chi connectivity index (χ3n) is 6.46. The van der Waals surface area contributed by atoms with E-state index in [0.717, 1.165) is 13.5 Å². The van der Waals surface area contributed by atoms with Crippen molar-refractivity contribution in [3.8, 4) is 0 Å². The van der Waals surface area contributed by atoms with Crippen molar-refractivity contribution < 1.29 is 27.0 Å². The Bertz CT molecular complexity index is 887. The van der Waals surface area contributed by atoms with Crippen LogP contribution in [0.5, 0.6) is 0 Å². The number of Topliss-reactive ketones (excluding diaryl/α,β-unsaturated/α-hetero) is 1. The van der Waals surface area contributed by atoms with E-state index in [2.05, 4.69) is 9.50 Å². The van der Waals surface area contributed by atoms with E-state index in [4.69, 9.17) is 0 Å². The number of carbonyl (C=O) groups excluding carboxylic acids is 3. The molecule has 3 aliphatic rings. The monoisotopic (exact) mass is 393 g/mol. The lowest BCUT2D eigenvalue weighted by atomic mass is 9.70. The second-order valence-corrected chi connectivity index (χ2v) is 9.60. The molecule has 1 aliphatic heterocycles. The van der Waals surface area contributed by atoms with Gasteiger partial charge in [0.1, 0.15) is 5.78 Å². The van der Waals surface area contributed by atoms with Crippen LogP contribution in [0.1, 0.15) is 53.8 Å². The van der Waals surface area contributed by atoms with Gasteiger partial charge in [-0.3, -0.25) is 23.9 Å². The summed E-state index contributed by atoms with van der Waals surface area (Å²) in [6.07, 6.45) is 2.18. The van der Waals surface area contributed by atoms with Crippen LogP contribution in [-0.2, 0) is 19.1 Å². The van der Waals surface area contributed by atoms with E-state index in [1.807, 2.05) is 13.8 Å². The molecule has 7 nitrogen and oxygen atoms in total. The zero-order valence-electron chi connectivity index (χ0n) is 15.6. The second kappa shape index (κ2) is 6.53. The van der Waals surface area contributed by atoms with E-state index in [9.17, 15) is 22.8 Å². The first-order valence-corrected chi connectivity index (χ1v) is 10.4. The van der Waals surface area contributed by atoms with Crippen LogP contribution in [0.4, 0.5) is 0 Å². The number of fused-ring (bicyclic) bond motifs is 3. The largest absolute Gasteiger partial charge is 0.299 e. The maximum Gasteiger partial charge on any atom is 0.268 e. The molecule has 1 N–H and O–H groups in total. The third-order valence-corrected chi connectivity index (χ3v) is 7.81. The molecule has 1 aromatic rings. The number of carbonyl (C=O) groups is 3. The Kier molecular flexibility index (Phi) is 4.76. The van der Waals surface area contributed by atoms with E-state index in [1.165, 1.54) is 0 Å². The SMILES string of the molecule is COS(=O)(=O)CC12CCC(CC1=O)C2(C)C.O=C1NC(=O)c2ccccc21. The van der Waals surface area contributed by atoms with Crippen LogP contribution >= 0.6 is 0 Å². The maximum atomic E-state index is 12.0. The molecule has 2 atom stereocenters. The number of hydrogen-bond donors (Lipinski definition) is 1. The van der Waals surface area contributed by atoms with Crippen LogP contribution in [0.2, 0.25) is 0 Å². The first kappa shape index (κ1) is 19.7. The third kappa shape index (κ3) is 3.10. The quantitative estimate of drug-likeness (QED) is 0.621. The fourth-order valence-electron chi connectivity index (χ4n) is 4.59. The smallest absolute Gasteiger partial charge is 0.268 e. The molecule has 2 aliphatic carbocycles. The zero-order valence-corrected chi connectivity index (χ0v) is 16.4. The Morgan fingerprint density at radius 3 is 2.07 bits per heavy atom. The van der Waals surface area contributed by atoms with Gasteiger partial charge in [0.05, 0.1) is 29.4 Å². The van der Waals surface area contributed by atoms with Crippen molar-refractivity contribution in [1.82, 2.24) is 5.32 Å². The van der Waals surface area contributed by atoms with Crippen LogP contribution in [0.25, 0.3) is 0 Å². The van der Waals surface area contributed by atoms with Gasteiger partial charge in [0.15, 0.2) is 0 Å². The molecule has 0 spiro atoms. The van der Waals surface area contributed by atoms with Gasteiger partial charge in [0, 0.05) is 6.42 Å². The Balaban J connectivity index is 0.000000166. The zero-order chi connectivity index (χ0) is 20.0. The molecule has 2 bridgehead atoms. The summed E-state index contributed by atoms with van der Waals surface area (Å²) >= 11 is 0. The highest BCUT2D eigenvalue weighted by molar-refractivity contribution is 7.86. The molecule has 4 rings (SSSR count). The van der Waals surface area contributed by atoms with E-state index in [1.54, 1.807) is 24.3 Å². The highest BCUT2D eigenvalue weighted by Crippen LogP contribution is 2.64. The number of benzene rings is 1. The summed E-state index contributed by atoms with van der Waals surface area (Å²) in [7, 11) is -2.41. The lowest BCUT2D eigenvalue weighted by molar-refractivity contribution is -0.128. The van der Waals surface area contributed by atoms with Gasteiger partial charge in [-0.1, -0.05) is 26.0 Å². The Hall–Kier alpha value is -2.06. The van der Waals surface area contributed by atoms with Crippen molar-refractivity contribution in [3.05, 3.63) is 35.4 Å². The van der Waals surface area contributed by atoms with Gasteiger partial charge < -0.3 is 0 Å². The van der Waals surface area contributed by atoms with Crippen molar-refractivity contribution in [1.29, 1.82) is 0 Å². The summed E-state index contributed by atoms with van der Waals surface area (Å²) in [6, 6.07) is 6.74. The lowest BCUT2D eigenvalue weighted by Gasteiger charge is -2.35. The minimum atomic E-state index is -3.57. The van der Waals surface area contributed by atoms with E-state index < -0.39 is 15.5 Å². The lowest BCUT2D eigenvalue weighted by Crippen LogP contribution is -2.42. The number of ketones is 1.